The Balaban J connectivity index is 1.89. The first-order valence-electron chi connectivity index (χ1n) is 14.1. The fourth-order valence-corrected chi connectivity index (χ4v) is 6.04. The molecule has 226 valence electrons. The molecule has 0 aliphatic carbocycles. The van der Waals surface area contributed by atoms with Gasteiger partial charge in [-0.3, -0.25) is 13.9 Å². The van der Waals surface area contributed by atoms with E-state index in [2.05, 4.69) is 5.32 Å². The van der Waals surface area contributed by atoms with Crippen LogP contribution in [0, 0.1) is 6.92 Å². The minimum Gasteiger partial charge on any atom is -0.354 e. The summed E-state index contributed by atoms with van der Waals surface area (Å²) < 4.78 is 26.5. The van der Waals surface area contributed by atoms with Crippen molar-refractivity contribution >= 4 is 50.7 Å². The van der Waals surface area contributed by atoms with Crippen LogP contribution in [0.15, 0.2) is 72.8 Å². The van der Waals surface area contributed by atoms with E-state index in [1.807, 2.05) is 56.3 Å². The minimum absolute atomic E-state index is 0.0383. The minimum atomic E-state index is -3.58. The highest BCUT2D eigenvalue weighted by molar-refractivity contribution is 7.92. The maximum atomic E-state index is 13.9. The molecule has 3 aromatic rings. The molecule has 0 bridgehead atoms. The first-order chi connectivity index (χ1) is 20.0. The molecule has 10 heteroatoms. The molecule has 3 aromatic carbocycles. The molecule has 0 aliphatic rings. The summed E-state index contributed by atoms with van der Waals surface area (Å²) in [7, 11) is -3.58. The summed E-state index contributed by atoms with van der Waals surface area (Å²) in [5, 5.41) is 3.86. The number of carbonyl (C=O) groups is 2. The Morgan fingerprint density at radius 1 is 0.952 bits per heavy atom. The molecule has 1 atom stereocenters. The van der Waals surface area contributed by atoms with Crippen LogP contribution in [-0.4, -0.2) is 50.5 Å². The van der Waals surface area contributed by atoms with E-state index in [1.54, 1.807) is 35.2 Å². The summed E-state index contributed by atoms with van der Waals surface area (Å²) in [5.74, 6) is -0.520. The Labute approximate surface area is 259 Å². The summed E-state index contributed by atoms with van der Waals surface area (Å²) in [6, 6.07) is 21.0. The third-order valence-electron chi connectivity index (χ3n) is 6.93. The highest BCUT2D eigenvalue weighted by Gasteiger charge is 2.31. The van der Waals surface area contributed by atoms with E-state index in [0.29, 0.717) is 34.3 Å². The lowest BCUT2D eigenvalue weighted by Gasteiger charge is -2.32. The predicted octanol–water partition coefficient (Wildman–Crippen LogP) is 6.40. The second-order valence-electron chi connectivity index (χ2n) is 10.4. The summed E-state index contributed by atoms with van der Waals surface area (Å²) in [4.78, 5) is 29.0. The number of nitrogens with one attached hydrogen (secondary N) is 1. The highest BCUT2D eigenvalue weighted by Crippen LogP contribution is 2.25. The van der Waals surface area contributed by atoms with Gasteiger partial charge in [-0.15, -0.1) is 0 Å². The Morgan fingerprint density at radius 2 is 1.64 bits per heavy atom. The van der Waals surface area contributed by atoms with Gasteiger partial charge in [0.05, 0.1) is 11.9 Å². The van der Waals surface area contributed by atoms with Crippen molar-refractivity contribution in [2.45, 2.75) is 58.5 Å². The van der Waals surface area contributed by atoms with Crippen LogP contribution in [0.4, 0.5) is 5.69 Å². The van der Waals surface area contributed by atoms with Gasteiger partial charge in [-0.25, -0.2) is 8.42 Å². The number of carbonyl (C=O) groups excluding carboxylic acids is 2. The van der Waals surface area contributed by atoms with Gasteiger partial charge in [0.25, 0.3) is 0 Å². The van der Waals surface area contributed by atoms with E-state index in [0.717, 1.165) is 30.2 Å². The topological polar surface area (TPSA) is 86.8 Å². The Kier molecular flexibility index (Phi) is 12.7. The lowest BCUT2D eigenvalue weighted by atomic mass is 10.0. The number of sulfonamides is 1. The van der Waals surface area contributed by atoms with Crippen molar-refractivity contribution in [1.82, 2.24) is 10.2 Å². The summed E-state index contributed by atoms with van der Waals surface area (Å²) in [5.41, 5.74) is 3.13. The largest absolute Gasteiger partial charge is 0.354 e. The van der Waals surface area contributed by atoms with Crippen LogP contribution in [0.2, 0.25) is 10.0 Å². The van der Waals surface area contributed by atoms with E-state index in [9.17, 15) is 18.0 Å². The van der Waals surface area contributed by atoms with Crippen LogP contribution in [0.1, 0.15) is 49.3 Å². The van der Waals surface area contributed by atoms with Gasteiger partial charge in [0, 0.05) is 42.5 Å². The molecule has 0 spiro atoms. The maximum absolute atomic E-state index is 13.9. The molecule has 0 fully saturated rings. The molecule has 0 heterocycles. The van der Waals surface area contributed by atoms with E-state index >= 15 is 0 Å². The van der Waals surface area contributed by atoms with Gasteiger partial charge < -0.3 is 10.2 Å². The molecule has 0 aliphatic heterocycles. The summed E-state index contributed by atoms with van der Waals surface area (Å²) >= 11 is 12.6. The number of aryl methyl sites for hydroxylation is 1. The number of halogens is 2. The number of benzene rings is 3. The molecule has 3 rings (SSSR count). The Hall–Kier alpha value is -3.07. The standard InChI is InChI=1S/C32H39Cl2N3O4S/c1-4-5-19-35-32(39)30(21-25-10-7-6-8-11-25)36(23-26-15-16-27(33)22-29(26)34)31(38)12-9-20-37(42(3,40)41)28-17-13-24(2)14-18-28/h6-8,10-11,13-18,22,30H,4-5,9,12,19-21,23H2,1-3H3,(H,35,39)/t30-/m0/s1. The highest BCUT2D eigenvalue weighted by atomic mass is 35.5. The molecule has 0 aromatic heterocycles. The van der Waals surface area contributed by atoms with Gasteiger partial charge in [-0.2, -0.15) is 0 Å². The Bertz CT molecular complexity index is 1430. The van der Waals surface area contributed by atoms with E-state index in [-0.39, 0.29) is 37.7 Å². The zero-order chi connectivity index (χ0) is 30.7. The number of rotatable bonds is 15. The third kappa shape index (κ3) is 10.0. The van der Waals surface area contributed by atoms with Crippen LogP contribution in [0.25, 0.3) is 0 Å². The lowest BCUT2D eigenvalue weighted by Crippen LogP contribution is -2.50. The van der Waals surface area contributed by atoms with Crippen molar-refractivity contribution < 1.29 is 18.0 Å². The molecule has 2 amide bonds. The van der Waals surface area contributed by atoms with Crippen molar-refractivity contribution in [3.05, 3.63) is 99.5 Å². The third-order valence-corrected chi connectivity index (χ3v) is 8.71. The first kappa shape index (κ1) is 33.4. The van der Waals surface area contributed by atoms with Crippen molar-refractivity contribution in [3.8, 4) is 0 Å². The van der Waals surface area contributed by atoms with Crippen LogP contribution in [0.5, 0.6) is 0 Å². The Morgan fingerprint density at radius 3 is 2.26 bits per heavy atom. The molecule has 0 saturated heterocycles. The van der Waals surface area contributed by atoms with Crippen molar-refractivity contribution in [2.75, 3.05) is 23.7 Å². The summed E-state index contributed by atoms with van der Waals surface area (Å²) in [6.07, 6.45) is 3.51. The maximum Gasteiger partial charge on any atom is 0.243 e. The van der Waals surface area contributed by atoms with Gasteiger partial charge in [0.15, 0.2) is 0 Å². The van der Waals surface area contributed by atoms with Crippen LogP contribution in [0.3, 0.4) is 0 Å². The smallest absolute Gasteiger partial charge is 0.243 e. The lowest BCUT2D eigenvalue weighted by molar-refractivity contribution is -0.141. The second-order valence-corrected chi connectivity index (χ2v) is 13.1. The number of anilines is 1. The molecule has 0 unspecified atom stereocenters. The van der Waals surface area contributed by atoms with Crippen molar-refractivity contribution in [1.29, 1.82) is 0 Å². The molecule has 42 heavy (non-hydrogen) atoms. The molecule has 1 N–H and O–H groups in total. The number of nitrogens with zero attached hydrogens (tertiary/aromatic N) is 2. The van der Waals surface area contributed by atoms with E-state index in [4.69, 9.17) is 23.2 Å². The number of unbranched alkanes of at least 4 members (excludes halogenated alkanes) is 1. The molecule has 7 nitrogen and oxygen atoms in total. The molecule has 0 radical (unpaired) electrons. The summed E-state index contributed by atoms with van der Waals surface area (Å²) in [6.45, 7) is 4.70. The average Bonchev–Trinajstić information content (AvgIpc) is 2.94. The van der Waals surface area contributed by atoms with Crippen LogP contribution < -0.4 is 9.62 Å². The van der Waals surface area contributed by atoms with Gasteiger partial charge >= 0.3 is 0 Å². The zero-order valence-corrected chi connectivity index (χ0v) is 26.7. The second kappa shape index (κ2) is 16.0. The first-order valence-corrected chi connectivity index (χ1v) is 16.7. The molecular formula is C32H39Cl2N3O4S. The van der Waals surface area contributed by atoms with Crippen molar-refractivity contribution in [2.24, 2.45) is 0 Å². The fourth-order valence-electron chi connectivity index (χ4n) is 4.61. The molecule has 0 saturated carbocycles. The number of hydrogen-bond acceptors (Lipinski definition) is 4. The monoisotopic (exact) mass is 631 g/mol. The number of hydrogen-bond donors (Lipinski definition) is 1. The van der Waals surface area contributed by atoms with Gasteiger partial charge in [0.1, 0.15) is 6.04 Å². The van der Waals surface area contributed by atoms with Crippen LogP contribution in [-0.2, 0) is 32.6 Å². The quantitative estimate of drug-likeness (QED) is 0.197. The average molecular weight is 633 g/mol. The zero-order valence-electron chi connectivity index (χ0n) is 24.4. The van der Waals surface area contributed by atoms with Crippen LogP contribution >= 0.6 is 23.2 Å². The predicted molar refractivity (Wildman–Crippen MR) is 171 cm³/mol. The molecular weight excluding hydrogens is 593 g/mol. The van der Waals surface area contributed by atoms with E-state index < -0.39 is 16.1 Å². The van der Waals surface area contributed by atoms with Gasteiger partial charge in [-0.05, 0) is 55.2 Å². The van der Waals surface area contributed by atoms with Crippen molar-refractivity contribution in [3.63, 3.8) is 0 Å². The van der Waals surface area contributed by atoms with Gasteiger partial charge in [-0.1, -0.05) is 90.6 Å². The van der Waals surface area contributed by atoms with E-state index in [1.165, 1.54) is 4.31 Å². The fraction of sp³-hybridized carbons (Fsp3) is 0.375. The SMILES string of the molecule is CCCCNC(=O)[C@H](Cc1ccccc1)N(Cc1ccc(Cl)cc1Cl)C(=O)CCCN(c1ccc(C)cc1)S(C)(=O)=O. The van der Waals surface area contributed by atoms with Gasteiger partial charge in [0.2, 0.25) is 21.8 Å². The number of amides is 2. The normalized spacial score (nSPS) is 12.0.